The highest BCUT2D eigenvalue weighted by molar-refractivity contribution is 6.30. The predicted molar refractivity (Wildman–Crippen MR) is 59.6 cm³/mol. The van der Waals surface area contributed by atoms with E-state index in [1.165, 1.54) is 0 Å². The van der Waals surface area contributed by atoms with E-state index in [0.29, 0.717) is 11.8 Å². The summed E-state index contributed by atoms with van der Waals surface area (Å²) in [6.07, 6.45) is 0. The molecule has 1 aromatic carbocycles. The molecule has 0 aliphatic rings. The van der Waals surface area contributed by atoms with Crippen LogP contribution in [0.25, 0.3) is 0 Å². The van der Waals surface area contributed by atoms with E-state index in [2.05, 4.69) is 27.7 Å². The van der Waals surface area contributed by atoms with Gasteiger partial charge in [0.15, 0.2) is 0 Å². The summed E-state index contributed by atoms with van der Waals surface area (Å²) < 4.78 is 13.3. The summed E-state index contributed by atoms with van der Waals surface area (Å²) in [7, 11) is 0. The van der Waals surface area contributed by atoms with Crippen molar-refractivity contribution in [3.63, 3.8) is 0 Å². The molecule has 0 N–H and O–H groups in total. The Bertz CT molecular complexity index is 296. The Hall–Kier alpha value is -0.560. The summed E-state index contributed by atoms with van der Waals surface area (Å²) in [6, 6.07) is 3.30. The van der Waals surface area contributed by atoms with Gasteiger partial charge in [0.05, 0.1) is 5.02 Å². The summed E-state index contributed by atoms with van der Waals surface area (Å²) in [4.78, 5) is 0. The van der Waals surface area contributed by atoms with Crippen LogP contribution in [-0.2, 0) is 0 Å². The van der Waals surface area contributed by atoms with Gasteiger partial charge in [0.2, 0.25) is 0 Å². The molecule has 0 aliphatic heterocycles. The summed E-state index contributed by atoms with van der Waals surface area (Å²) in [5.74, 6) is 0.393. The summed E-state index contributed by atoms with van der Waals surface area (Å²) in [6.45, 7) is 8.31. The Balaban J connectivity index is 3.31. The number of benzene rings is 1. The van der Waals surface area contributed by atoms with Gasteiger partial charge in [-0.2, -0.15) is 0 Å². The lowest BCUT2D eigenvalue weighted by Crippen LogP contribution is -2.00. The van der Waals surface area contributed by atoms with Crippen LogP contribution in [0.15, 0.2) is 12.1 Å². The maximum absolute atomic E-state index is 13.3. The molecule has 0 heterocycles. The lowest BCUT2D eigenvalue weighted by atomic mass is 9.90. The lowest BCUT2D eigenvalue weighted by molar-refractivity contribution is 0.620. The molecule has 0 unspecified atom stereocenters. The van der Waals surface area contributed by atoms with Gasteiger partial charge in [-0.05, 0) is 35.1 Å². The van der Waals surface area contributed by atoms with Gasteiger partial charge < -0.3 is 0 Å². The van der Waals surface area contributed by atoms with Crippen LogP contribution in [0.4, 0.5) is 4.39 Å². The highest BCUT2D eigenvalue weighted by Crippen LogP contribution is 2.30. The monoisotopic (exact) mass is 214 g/mol. The molecule has 0 saturated heterocycles. The molecule has 0 fully saturated rings. The minimum Gasteiger partial charge on any atom is -0.205 e. The van der Waals surface area contributed by atoms with Gasteiger partial charge >= 0.3 is 0 Å². The average molecular weight is 215 g/mol. The van der Waals surface area contributed by atoms with Crippen molar-refractivity contribution in [2.45, 2.75) is 39.5 Å². The van der Waals surface area contributed by atoms with E-state index >= 15 is 0 Å². The van der Waals surface area contributed by atoms with Crippen LogP contribution in [0, 0.1) is 5.82 Å². The molecule has 0 aliphatic carbocycles. The highest BCUT2D eigenvalue weighted by Gasteiger charge is 2.13. The first-order chi connectivity index (χ1) is 6.43. The standard InChI is InChI=1S/C12H16ClF/c1-7(2)9-5-11(13)12(14)6-10(9)8(3)4/h5-8H,1-4H3. The maximum Gasteiger partial charge on any atom is 0.142 e. The van der Waals surface area contributed by atoms with Crippen molar-refractivity contribution in [2.24, 2.45) is 0 Å². The number of rotatable bonds is 2. The molecule has 0 amide bonds. The maximum atomic E-state index is 13.3. The Morgan fingerprint density at radius 3 is 1.86 bits per heavy atom. The lowest BCUT2D eigenvalue weighted by Gasteiger charge is -2.16. The van der Waals surface area contributed by atoms with Gasteiger partial charge in [-0.25, -0.2) is 4.39 Å². The van der Waals surface area contributed by atoms with Crippen LogP contribution in [0.5, 0.6) is 0 Å². The van der Waals surface area contributed by atoms with E-state index < -0.39 is 0 Å². The molecule has 1 rings (SSSR count). The Morgan fingerprint density at radius 2 is 1.43 bits per heavy atom. The van der Waals surface area contributed by atoms with Crippen molar-refractivity contribution < 1.29 is 4.39 Å². The first-order valence-corrected chi connectivity index (χ1v) is 5.30. The van der Waals surface area contributed by atoms with Gasteiger partial charge in [-0.3, -0.25) is 0 Å². The van der Waals surface area contributed by atoms with Crippen LogP contribution in [-0.4, -0.2) is 0 Å². The minimum atomic E-state index is -0.320. The summed E-state index contributed by atoms with van der Waals surface area (Å²) >= 11 is 5.76. The topological polar surface area (TPSA) is 0 Å². The first-order valence-electron chi connectivity index (χ1n) is 4.92. The van der Waals surface area contributed by atoms with E-state index in [4.69, 9.17) is 11.6 Å². The normalized spacial score (nSPS) is 11.4. The molecule has 0 spiro atoms. The van der Waals surface area contributed by atoms with Crippen LogP contribution >= 0.6 is 11.6 Å². The quantitative estimate of drug-likeness (QED) is 0.668. The fraction of sp³-hybridized carbons (Fsp3) is 0.500. The van der Waals surface area contributed by atoms with Crippen molar-refractivity contribution in [2.75, 3.05) is 0 Å². The summed E-state index contributed by atoms with van der Waals surface area (Å²) in [5.41, 5.74) is 2.20. The fourth-order valence-electron chi connectivity index (χ4n) is 1.58. The molecule has 14 heavy (non-hydrogen) atoms. The van der Waals surface area contributed by atoms with Gasteiger partial charge in [-0.1, -0.05) is 39.3 Å². The molecule has 1 aromatic rings. The fourth-order valence-corrected chi connectivity index (χ4v) is 1.75. The third-order valence-corrected chi connectivity index (χ3v) is 2.66. The zero-order chi connectivity index (χ0) is 10.9. The highest BCUT2D eigenvalue weighted by atomic mass is 35.5. The molecule has 0 aromatic heterocycles. The molecule has 2 heteroatoms. The minimum absolute atomic E-state index is 0.220. The molecule has 0 atom stereocenters. The van der Waals surface area contributed by atoms with Crippen LogP contribution in [0.1, 0.15) is 50.7 Å². The largest absolute Gasteiger partial charge is 0.205 e. The van der Waals surface area contributed by atoms with E-state index in [-0.39, 0.29) is 10.8 Å². The third kappa shape index (κ3) is 2.27. The Morgan fingerprint density at radius 1 is 1.00 bits per heavy atom. The second kappa shape index (κ2) is 4.31. The summed E-state index contributed by atoms with van der Waals surface area (Å²) in [5, 5.41) is 0.220. The second-order valence-corrected chi connectivity index (χ2v) is 4.61. The molecular formula is C12H16ClF. The average Bonchev–Trinajstić information content (AvgIpc) is 2.08. The van der Waals surface area contributed by atoms with Gasteiger partial charge in [0.25, 0.3) is 0 Å². The SMILES string of the molecule is CC(C)c1cc(F)c(Cl)cc1C(C)C. The molecular weight excluding hydrogens is 199 g/mol. The Labute approximate surface area is 90.1 Å². The zero-order valence-electron chi connectivity index (χ0n) is 9.07. The molecule has 0 bridgehead atoms. The second-order valence-electron chi connectivity index (χ2n) is 4.20. The van der Waals surface area contributed by atoms with Crippen molar-refractivity contribution in [1.82, 2.24) is 0 Å². The first kappa shape index (κ1) is 11.5. The third-order valence-electron chi connectivity index (χ3n) is 2.37. The molecule has 0 nitrogen and oxygen atoms in total. The van der Waals surface area contributed by atoms with E-state index in [0.717, 1.165) is 11.1 Å². The van der Waals surface area contributed by atoms with E-state index in [9.17, 15) is 4.39 Å². The van der Waals surface area contributed by atoms with Crippen molar-refractivity contribution in [3.05, 3.63) is 34.1 Å². The number of hydrogen-bond donors (Lipinski definition) is 0. The van der Waals surface area contributed by atoms with E-state index in [1.54, 1.807) is 12.1 Å². The number of hydrogen-bond acceptors (Lipinski definition) is 0. The van der Waals surface area contributed by atoms with Crippen LogP contribution in [0.2, 0.25) is 5.02 Å². The smallest absolute Gasteiger partial charge is 0.142 e. The molecule has 0 radical (unpaired) electrons. The van der Waals surface area contributed by atoms with Gasteiger partial charge in [0, 0.05) is 0 Å². The van der Waals surface area contributed by atoms with Crippen LogP contribution < -0.4 is 0 Å². The number of halogens is 2. The van der Waals surface area contributed by atoms with Crippen molar-refractivity contribution >= 4 is 11.6 Å². The zero-order valence-corrected chi connectivity index (χ0v) is 9.82. The molecule has 0 saturated carbocycles. The Kier molecular flexibility index (Phi) is 3.54. The molecule has 78 valence electrons. The predicted octanol–water partition coefficient (Wildman–Crippen LogP) is 4.73. The van der Waals surface area contributed by atoms with Crippen molar-refractivity contribution in [1.29, 1.82) is 0 Å². The van der Waals surface area contributed by atoms with Crippen LogP contribution in [0.3, 0.4) is 0 Å². The van der Waals surface area contributed by atoms with Gasteiger partial charge in [0.1, 0.15) is 5.82 Å². The van der Waals surface area contributed by atoms with E-state index in [1.807, 2.05) is 0 Å². The van der Waals surface area contributed by atoms with Gasteiger partial charge in [-0.15, -0.1) is 0 Å². The van der Waals surface area contributed by atoms with Crippen molar-refractivity contribution in [3.8, 4) is 0 Å².